The molecule has 0 spiro atoms. The highest BCUT2D eigenvalue weighted by Gasteiger charge is 2.25. The summed E-state index contributed by atoms with van der Waals surface area (Å²) in [5.74, 6) is 1.80. The maximum Gasteiger partial charge on any atom is 0.227 e. The van der Waals surface area contributed by atoms with Gasteiger partial charge in [-0.1, -0.05) is 11.6 Å². The number of aromatic nitrogens is 3. The number of ether oxygens (including phenoxy) is 1. The predicted molar refractivity (Wildman–Crippen MR) is 95.5 cm³/mol. The molecule has 126 valence electrons. The van der Waals surface area contributed by atoms with Gasteiger partial charge in [0.1, 0.15) is 0 Å². The molecule has 23 heavy (non-hydrogen) atoms. The molecule has 0 saturated carbocycles. The highest BCUT2D eigenvalue weighted by atomic mass is 35.5. The smallest absolute Gasteiger partial charge is 0.227 e. The summed E-state index contributed by atoms with van der Waals surface area (Å²) in [7, 11) is 0. The van der Waals surface area contributed by atoms with Crippen LogP contribution in [0.5, 0.6) is 0 Å². The maximum atomic E-state index is 6.27. The number of piperidine rings is 1. The van der Waals surface area contributed by atoms with Crippen molar-refractivity contribution in [1.82, 2.24) is 14.8 Å². The Morgan fingerprint density at radius 3 is 2.65 bits per heavy atom. The molecule has 0 radical (unpaired) electrons. The van der Waals surface area contributed by atoms with E-state index in [4.69, 9.17) is 16.3 Å². The largest absolute Gasteiger partial charge is 0.375 e. The Bertz CT molecular complexity index is 646. The summed E-state index contributed by atoms with van der Waals surface area (Å²) in [6.07, 6.45) is 2.71. The van der Waals surface area contributed by atoms with E-state index >= 15 is 0 Å². The van der Waals surface area contributed by atoms with E-state index in [9.17, 15) is 0 Å². The van der Waals surface area contributed by atoms with Crippen LogP contribution in [0.15, 0.2) is 11.4 Å². The quantitative estimate of drug-likeness (QED) is 0.811. The number of rotatable bonds is 5. The third kappa shape index (κ3) is 3.54. The zero-order valence-corrected chi connectivity index (χ0v) is 15.4. The van der Waals surface area contributed by atoms with Crippen molar-refractivity contribution in [2.24, 2.45) is 0 Å². The van der Waals surface area contributed by atoms with E-state index in [1.165, 1.54) is 0 Å². The number of hydrogen-bond acceptors (Lipinski definition) is 5. The lowest BCUT2D eigenvalue weighted by atomic mass is 10.1. The van der Waals surface area contributed by atoms with Crippen LogP contribution in [0.4, 0.5) is 5.95 Å². The molecule has 2 aromatic rings. The van der Waals surface area contributed by atoms with Crippen LogP contribution in [-0.2, 0) is 11.3 Å². The molecule has 1 saturated heterocycles. The van der Waals surface area contributed by atoms with Crippen LogP contribution in [-0.4, -0.2) is 40.1 Å². The molecule has 1 fully saturated rings. The Kier molecular flexibility index (Phi) is 5.24. The van der Waals surface area contributed by atoms with E-state index in [-0.39, 0.29) is 0 Å². The molecule has 5 nitrogen and oxygen atoms in total. The van der Waals surface area contributed by atoms with Crippen molar-refractivity contribution in [1.29, 1.82) is 0 Å². The lowest BCUT2D eigenvalue weighted by Crippen LogP contribution is -2.39. The zero-order chi connectivity index (χ0) is 16.4. The van der Waals surface area contributed by atoms with Gasteiger partial charge in [-0.3, -0.25) is 4.57 Å². The molecule has 0 atom stereocenters. The molecule has 0 aliphatic carbocycles. The summed E-state index contributed by atoms with van der Waals surface area (Å²) in [6, 6.07) is 1.91. The topological polar surface area (TPSA) is 43.2 Å². The zero-order valence-electron chi connectivity index (χ0n) is 13.8. The standard InChI is InChI=1S/C16H23ClN4OS/c1-4-21-15(14-13(17)7-10-23-14)18-19-16(21)20-8-5-12(6-9-20)22-11(2)3/h7,10-12H,4-6,8-9H2,1-3H3. The summed E-state index contributed by atoms with van der Waals surface area (Å²) in [5, 5.41) is 11.6. The molecule has 0 aromatic carbocycles. The molecule has 1 aliphatic rings. The number of thiophene rings is 1. The lowest BCUT2D eigenvalue weighted by Gasteiger charge is -2.33. The van der Waals surface area contributed by atoms with Crippen molar-refractivity contribution in [3.05, 3.63) is 16.5 Å². The van der Waals surface area contributed by atoms with Gasteiger partial charge in [-0.25, -0.2) is 0 Å². The van der Waals surface area contributed by atoms with Crippen molar-refractivity contribution >= 4 is 28.9 Å². The highest BCUT2D eigenvalue weighted by molar-refractivity contribution is 7.14. The number of hydrogen-bond donors (Lipinski definition) is 0. The summed E-state index contributed by atoms with van der Waals surface area (Å²) in [5.41, 5.74) is 0. The maximum absolute atomic E-state index is 6.27. The average Bonchev–Trinajstić information content (AvgIpc) is 3.12. The van der Waals surface area contributed by atoms with Gasteiger partial charge in [0.15, 0.2) is 5.82 Å². The van der Waals surface area contributed by atoms with Gasteiger partial charge >= 0.3 is 0 Å². The summed E-state index contributed by atoms with van der Waals surface area (Å²) < 4.78 is 8.08. The molecule has 3 heterocycles. The van der Waals surface area contributed by atoms with Crippen molar-refractivity contribution in [2.45, 2.75) is 52.4 Å². The minimum Gasteiger partial charge on any atom is -0.375 e. The summed E-state index contributed by atoms with van der Waals surface area (Å²) in [6.45, 7) is 9.04. The average molecular weight is 355 g/mol. The third-order valence-corrected chi connectivity index (χ3v) is 5.39. The van der Waals surface area contributed by atoms with Crippen molar-refractivity contribution < 1.29 is 4.74 Å². The van der Waals surface area contributed by atoms with Crippen LogP contribution < -0.4 is 4.90 Å². The molecule has 0 N–H and O–H groups in total. The first kappa shape index (κ1) is 16.7. The fraction of sp³-hybridized carbons (Fsp3) is 0.625. The molecule has 0 bridgehead atoms. The van der Waals surface area contributed by atoms with Crippen LogP contribution in [0.1, 0.15) is 33.6 Å². The lowest BCUT2D eigenvalue weighted by molar-refractivity contribution is -0.00496. The van der Waals surface area contributed by atoms with Gasteiger partial charge in [-0.2, -0.15) is 0 Å². The fourth-order valence-electron chi connectivity index (χ4n) is 3.02. The molecule has 3 rings (SSSR count). The molecule has 2 aromatic heterocycles. The van der Waals surface area contributed by atoms with Gasteiger partial charge in [0.05, 0.1) is 22.1 Å². The summed E-state index contributed by atoms with van der Waals surface area (Å²) in [4.78, 5) is 3.30. The van der Waals surface area contributed by atoms with E-state index in [2.05, 4.69) is 40.4 Å². The van der Waals surface area contributed by atoms with E-state index in [0.29, 0.717) is 12.2 Å². The van der Waals surface area contributed by atoms with Crippen molar-refractivity contribution in [2.75, 3.05) is 18.0 Å². The van der Waals surface area contributed by atoms with Crippen LogP contribution in [0, 0.1) is 0 Å². The molecular weight excluding hydrogens is 332 g/mol. The van der Waals surface area contributed by atoms with E-state index < -0.39 is 0 Å². The normalized spacial score (nSPS) is 16.5. The first-order chi connectivity index (χ1) is 11.1. The second-order valence-corrected chi connectivity index (χ2v) is 7.36. The number of nitrogens with zero attached hydrogens (tertiary/aromatic N) is 4. The van der Waals surface area contributed by atoms with Gasteiger partial charge in [0, 0.05) is 19.6 Å². The first-order valence-electron chi connectivity index (χ1n) is 8.17. The van der Waals surface area contributed by atoms with Gasteiger partial charge in [0.25, 0.3) is 0 Å². The molecule has 1 aliphatic heterocycles. The summed E-state index contributed by atoms with van der Waals surface area (Å²) >= 11 is 7.87. The molecule has 0 unspecified atom stereocenters. The van der Waals surface area contributed by atoms with Crippen LogP contribution >= 0.6 is 22.9 Å². The van der Waals surface area contributed by atoms with E-state index in [1.807, 2.05) is 11.4 Å². The Labute approximate surface area is 146 Å². The van der Waals surface area contributed by atoms with Crippen molar-refractivity contribution in [3.8, 4) is 10.7 Å². The molecule has 0 amide bonds. The third-order valence-electron chi connectivity index (χ3n) is 4.06. The Hall–Kier alpha value is -1.11. The number of halogens is 1. The first-order valence-corrected chi connectivity index (χ1v) is 9.42. The second-order valence-electron chi connectivity index (χ2n) is 6.04. The Morgan fingerprint density at radius 2 is 2.09 bits per heavy atom. The van der Waals surface area contributed by atoms with Gasteiger partial charge in [-0.15, -0.1) is 21.5 Å². The van der Waals surface area contributed by atoms with Gasteiger partial charge < -0.3 is 9.64 Å². The minimum absolute atomic E-state index is 0.290. The van der Waals surface area contributed by atoms with Crippen molar-refractivity contribution in [3.63, 3.8) is 0 Å². The molecule has 7 heteroatoms. The van der Waals surface area contributed by atoms with Crippen LogP contribution in [0.3, 0.4) is 0 Å². The van der Waals surface area contributed by atoms with E-state index in [1.54, 1.807) is 11.3 Å². The highest BCUT2D eigenvalue weighted by Crippen LogP contribution is 2.34. The minimum atomic E-state index is 0.290. The Balaban J connectivity index is 1.77. The number of anilines is 1. The Morgan fingerprint density at radius 1 is 1.35 bits per heavy atom. The van der Waals surface area contributed by atoms with Crippen LogP contribution in [0.25, 0.3) is 10.7 Å². The fourth-order valence-corrected chi connectivity index (χ4v) is 4.15. The predicted octanol–water partition coefficient (Wildman–Crippen LogP) is 4.07. The van der Waals surface area contributed by atoms with Crippen LogP contribution in [0.2, 0.25) is 5.02 Å². The SMILES string of the molecule is CCn1c(-c2sccc2Cl)nnc1N1CCC(OC(C)C)CC1. The van der Waals surface area contributed by atoms with E-state index in [0.717, 1.165) is 54.1 Å². The van der Waals surface area contributed by atoms with Gasteiger partial charge in [-0.05, 0) is 45.1 Å². The van der Waals surface area contributed by atoms with Gasteiger partial charge in [0.2, 0.25) is 5.95 Å². The monoisotopic (exact) mass is 354 g/mol. The second kappa shape index (κ2) is 7.20. The molecular formula is C16H23ClN4OS.